The van der Waals surface area contributed by atoms with Crippen LogP contribution in [0.2, 0.25) is 5.02 Å². The molecule has 2 aromatic carbocycles. The molecular formula is C20H16ClN3O3S. The highest BCUT2D eigenvalue weighted by Crippen LogP contribution is 2.34. The minimum absolute atomic E-state index is 0.118. The summed E-state index contributed by atoms with van der Waals surface area (Å²) in [5.74, 6) is -0.350. The van der Waals surface area contributed by atoms with Gasteiger partial charge in [-0.15, -0.1) is 0 Å². The molecule has 2 amide bonds. The maximum Gasteiger partial charge on any atom is 0.328 e. The Morgan fingerprint density at radius 2 is 1.71 bits per heavy atom. The second kappa shape index (κ2) is 7.00. The van der Waals surface area contributed by atoms with E-state index in [-0.39, 0.29) is 23.4 Å². The lowest BCUT2D eigenvalue weighted by Crippen LogP contribution is -2.27. The number of fused-ring (bicyclic) bond motifs is 1. The molecule has 1 aromatic heterocycles. The summed E-state index contributed by atoms with van der Waals surface area (Å²) in [6, 6.07) is 12.6. The van der Waals surface area contributed by atoms with Gasteiger partial charge < -0.3 is 0 Å². The molecule has 3 aromatic rings. The van der Waals surface area contributed by atoms with E-state index in [9.17, 15) is 14.4 Å². The Morgan fingerprint density at radius 3 is 2.46 bits per heavy atom. The SMILES string of the molecule is Cn1c(=O)n(C)c2cc(C=C3SC(=O)N(Cc4ccccc4Cl)C3=O)ccc21. The fourth-order valence-electron chi connectivity index (χ4n) is 3.20. The molecule has 1 aliphatic heterocycles. The highest BCUT2D eigenvalue weighted by Gasteiger charge is 2.35. The molecule has 0 bridgehead atoms. The van der Waals surface area contributed by atoms with Gasteiger partial charge in [-0.3, -0.25) is 23.6 Å². The fourth-order valence-corrected chi connectivity index (χ4v) is 4.23. The minimum atomic E-state index is -0.350. The first-order valence-electron chi connectivity index (χ1n) is 8.51. The van der Waals surface area contributed by atoms with Crippen molar-refractivity contribution < 1.29 is 9.59 Å². The third kappa shape index (κ3) is 3.06. The van der Waals surface area contributed by atoms with Crippen LogP contribution >= 0.6 is 23.4 Å². The molecule has 142 valence electrons. The van der Waals surface area contributed by atoms with Crippen LogP contribution in [0.1, 0.15) is 11.1 Å². The standard InChI is InChI=1S/C20H16ClN3O3S/c1-22-15-8-7-12(9-16(15)23(2)19(22)26)10-17-18(25)24(20(27)28-17)11-13-5-3-4-6-14(13)21/h3-10H,11H2,1-2H3. The summed E-state index contributed by atoms with van der Waals surface area (Å²) in [5.41, 5.74) is 2.91. The van der Waals surface area contributed by atoms with Gasteiger partial charge in [0.05, 0.1) is 22.5 Å². The second-order valence-corrected chi connectivity index (χ2v) is 7.91. The van der Waals surface area contributed by atoms with Gasteiger partial charge in [-0.05, 0) is 47.2 Å². The van der Waals surface area contributed by atoms with Crippen LogP contribution in [-0.2, 0) is 25.4 Å². The van der Waals surface area contributed by atoms with Crippen LogP contribution in [0.15, 0.2) is 52.2 Å². The van der Waals surface area contributed by atoms with E-state index in [1.165, 1.54) is 4.90 Å². The second-order valence-electron chi connectivity index (χ2n) is 6.51. The Balaban J connectivity index is 1.66. The average Bonchev–Trinajstić information content (AvgIpc) is 3.06. The van der Waals surface area contributed by atoms with Crippen LogP contribution in [0.5, 0.6) is 0 Å². The van der Waals surface area contributed by atoms with Crippen molar-refractivity contribution in [3.05, 3.63) is 74.0 Å². The first-order chi connectivity index (χ1) is 13.4. The minimum Gasteiger partial charge on any atom is -0.295 e. The number of benzene rings is 2. The number of carbonyl (C=O) groups excluding carboxylic acids is 2. The smallest absolute Gasteiger partial charge is 0.295 e. The summed E-state index contributed by atoms with van der Waals surface area (Å²) < 4.78 is 3.12. The van der Waals surface area contributed by atoms with Gasteiger partial charge in [-0.2, -0.15) is 0 Å². The number of aryl methyl sites for hydroxylation is 2. The number of halogens is 1. The zero-order valence-corrected chi connectivity index (χ0v) is 16.8. The van der Waals surface area contributed by atoms with E-state index in [4.69, 9.17) is 11.6 Å². The molecule has 0 saturated carbocycles. The van der Waals surface area contributed by atoms with Gasteiger partial charge in [0.2, 0.25) is 0 Å². The maximum absolute atomic E-state index is 12.7. The van der Waals surface area contributed by atoms with Gasteiger partial charge in [0.1, 0.15) is 0 Å². The number of thioether (sulfide) groups is 1. The van der Waals surface area contributed by atoms with Crippen molar-refractivity contribution in [2.75, 3.05) is 0 Å². The normalized spacial score (nSPS) is 16.0. The maximum atomic E-state index is 12.7. The first kappa shape index (κ1) is 18.6. The van der Waals surface area contributed by atoms with Crippen LogP contribution in [0.4, 0.5) is 4.79 Å². The van der Waals surface area contributed by atoms with Gasteiger partial charge in [0.15, 0.2) is 0 Å². The van der Waals surface area contributed by atoms with Crippen LogP contribution in [-0.4, -0.2) is 25.2 Å². The quantitative estimate of drug-likeness (QED) is 0.613. The van der Waals surface area contributed by atoms with E-state index in [2.05, 4.69) is 0 Å². The molecule has 0 unspecified atom stereocenters. The molecule has 2 heterocycles. The lowest BCUT2D eigenvalue weighted by atomic mass is 10.1. The van der Waals surface area contributed by atoms with E-state index in [1.54, 1.807) is 47.5 Å². The summed E-state index contributed by atoms with van der Waals surface area (Å²) in [7, 11) is 3.41. The Labute approximate surface area is 170 Å². The van der Waals surface area contributed by atoms with Crippen molar-refractivity contribution >= 4 is 51.6 Å². The highest BCUT2D eigenvalue weighted by molar-refractivity contribution is 8.18. The largest absolute Gasteiger partial charge is 0.328 e. The summed E-state index contributed by atoms with van der Waals surface area (Å²) >= 11 is 7.05. The third-order valence-corrected chi connectivity index (χ3v) is 6.03. The number of imide groups is 1. The molecule has 8 heteroatoms. The zero-order chi connectivity index (χ0) is 20.0. The predicted molar refractivity (Wildman–Crippen MR) is 111 cm³/mol. The molecule has 0 atom stereocenters. The number of nitrogens with zero attached hydrogens (tertiary/aromatic N) is 3. The first-order valence-corrected chi connectivity index (χ1v) is 9.70. The average molecular weight is 414 g/mol. The molecule has 28 heavy (non-hydrogen) atoms. The molecular weight excluding hydrogens is 398 g/mol. The number of rotatable bonds is 3. The van der Waals surface area contributed by atoms with Gasteiger partial charge in [0.25, 0.3) is 11.1 Å². The van der Waals surface area contributed by atoms with Crippen molar-refractivity contribution in [2.24, 2.45) is 14.1 Å². The molecule has 1 fully saturated rings. The van der Waals surface area contributed by atoms with Crippen LogP contribution in [0.3, 0.4) is 0 Å². The van der Waals surface area contributed by atoms with Gasteiger partial charge in [-0.1, -0.05) is 35.9 Å². The van der Waals surface area contributed by atoms with Gasteiger partial charge >= 0.3 is 5.69 Å². The highest BCUT2D eigenvalue weighted by atomic mass is 35.5. The summed E-state index contributed by atoms with van der Waals surface area (Å²) in [6.07, 6.45) is 1.68. The lowest BCUT2D eigenvalue weighted by molar-refractivity contribution is -0.123. The Bertz CT molecular complexity index is 1230. The number of imidazole rings is 1. The summed E-state index contributed by atoms with van der Waals surface area (Å²) in [5, 5.41) is 0.185. The Hall–Kier alpha value is -2.77. The van der Waals surface area contributed by atoms with Crippen molar-refractivity contribution in [3.63, 3.8) is 0 Å². The van der Waals surface area contributed by atoms with E-state index in [0.29, 0.717) is 15.5 Å². The van der Waals surface area contributed by atoms with E-state index in [1.807, 2.05) is 24.3 Å². The number of amides is 2. The lowest BCUT2D eigenvalue weighted by Gasteiger charge is -2.13. The fraction of sp³-hybridized carbons (Fsp3) is 0.150. The van der Waals surface area contributed by atoms with Gasteiger partial charge in [0, 0.05) is 19.1 Å². The molecule has 0 aliphatic carbocycles. The zero-order valence-electron chi connectivity index (χ0n) is 15.2. The van der Waals surface area contributed by atoms with E-state index < -0.39 is 0 Å². The number of hydrogen-bond acceptors (Lipinski definition) is 4. The van der Waals surface area contributed by atoms with Crippen molar-refractivity contribution in [1.29, 1.82) is 0 Å². The van der Waals surface area contributed by atoms with Crippen molar-refractivity contribution in [2.45, 2.75) is 6.54 Å². The van der Waals surface area contributed by atoms with E-state index >= 15 is 0 Å². The molecule has 4 rings (SSSR count). The third-order valence-electron chi connectivity index (χ3n) is 4.75. The predicted octanol–water partition coefficient (Wildman–Crippen LogP) is 3.77. The van der Waals surface area contributed by atoms with Crippen molar-refractivity contribution in [3.8, 4) is 0 Å². The van der Waals surface area contributed by atoms with Crippen LogP contribution in [0, 0.1) is 0 Å². The number of aromatic nitrogens is 2. The monoisotopic (exact) mass is 413 g/mol. The Morgan fingerprint density at radius 1 is 1.00 bits per heavy atom. The number of hydrogen-bond donors (Lipinski definition) is 0. The van der Waals surface area contributed by atoms with Crippen LogP contribution < -0.4 is 5.69 Å². The molecule has 1 saturated heterocycles. The van der Waals surface area contributed by atoms with Crippen LogP contribution in [0.25, 0.3) is 17.1 Å². The summed E-state index contributed by atoms with van der Waals surface area (Å²) in [4.78, 5) is 38.7. The Kier molecular flexibility index (Phi) is 4.64. The molecule has 0 spiro atoms. The topological polar surface area (TPSA) is 64.3 Å². The van der Waals surface area contributed by atoms with E-state index in [0.717, 1.165) is 28.4 Å². The van der Waals surface area contributed by atoms with Gasteiger partial charge in [-0.25, -0.2) is 4.79 Å². The summed E-state index contributed by atoms with van der Waals surface area (Å²) in [6.45, 7) is 0.133. The van der Waals surface area contributed by atoms with Crippen molar-refractivity contribution in [1.82, 2.24) is 14.0 Å². The molecule has 6 nitrogen and oxygen atoms in total. The molecule has 0 radical (unpaired) electrons. The molecule has 1 aliphatic rings. The number of carbonyl (C=O) groups is 2. The molecule has 0 N–H and O–H groups in total.